The topological polar surface area (TPSA) is 57.1 Å². The Morgan fingerprint density at radius 2 is 2.00 bits per heavy atom. The molecule has 5 heteroatoms. The zero-order valence-corrected chi connectivity index (χ0v) is 14.7. The molecule has 2 aliphatic heterocycles. The zero-order valence-electron chi connectivity index (χ0n) is 14.7. The van der Waals surface area contributed by atoms with E-state index >= 15 is 0 Å². The summed E-state index contributed by atoms with van der Waals surface area (Å²) < 4.78 is 0. The van der Waals surface area contributed by atoms with Gasteiger partial charge in [-0.2, -0.15) is 0 Å². The minimum Gasteiger partial charge on any atom is -0.333 e. The Morgan fingerprint density at radius 3 is 2.71 bits per heavy atom. The van der Waals surface area contributed by atoms with E-state index in [1.807, 2.05) is 11.1 Å². The number of nitrogens with zero attached hydrogens (tertiary/aromatic N) is 3. The predicted molar refractivity (Wildman–Crippen MR) is 98.0 cm³/mol. The van der Waals surface area contributed by atoms with Gasteiger partial charge in [0, 0.05) is 43.9 Å². The van der Waals surface area contributed by atoms with E-state index in [0.717, 1.165) is 6.42 Å². The minimum atomic E-state index is -0.0451. The summed E-state index contributed by atoms with van der Waals surface area (Å²) in [7, 11) is 0. The predicted octanol–water partition coefficient (Wildman–Crippen LogP) is 2.16. The van der Waals surface area contributed by atoms with Gasteiger partial charge in [0.1, 0.15) is 0 Å². The van der Waals surface area contributed by atoms with E-state index in [9.17, 15) is 4.79 Å². The Bertz CT molecular complexity index is 657. The fraction of sp³-hybridized carbons (Fsp3) is 0.526. The smallest absolute Gasteiger partial charge is 0.291 e. The van der Waals surface area contributed by atoms with Crippen molar-refractivity contribution < 1.29 is 4.79 Å². The van der Waals surface area contributed by atoms with Crippen LogP contribution < -0.4 is 5.32 Å². The number of amides is 1. The normalized spacial score (nSPS) is 27.5. The molecule has 2 heterocycles. The number of hydrogen-bond acceptors (Lipinski definition) is 4. The van der Waals surface area contributed by atoms with Crippen molar-refractivity contribution in [2.24, 2.45) is 9.98 Å². The molecule has 1 amide bonds. The highest BCUT2D eigenvalue weighted by Gasteiger charge is 2.28. The van der Waals surface area contributed by atoms with Gasteiger partial charge in [-0.05, 0) is 32.8 Å². The summed E-state index contributed by atoms with van der Waals surface area (Å²) in [5.41, 5.74) is 2.48. The number of amidine groups is 1. The molecule has 0 aromatic heterocycles. The highest BCUT2D eigenvalue weighted by molar-refractivity contribution is 6.39. The maximum absolute atomic E-state index is 12.7. The molecule has 3 rings (SSSR count). The number of nitrogens with one attached hydrogen (secondary N) is 1. The van der Waals surface area contributed by atoms with Crippen LogP contribution in [0.1, 0.15) is 37.3 Å². The van der Waals surface area contributed by atoms with Gasteiger partial charge in [0.15, 0.2) is 0 Å². The van der Waals surface area contributed by atoms with Crippen LogP contribution in [0, 0.1) is 6.92 Å². The van der Waals surface area contributed by atoms with Gasteiger partial charge in [-0.1, -0.05) is 29.8 Å². The van der Waals surface area contributed by atoms with Crippen LogP contribution in [0.4, 0.5) is 0 Å². The van der Waals surface area contributed by atoms with Gasteiger partial charge in [-0.3, -0.25) is 9.79 Å². The minimum absolute atomic E-state index is 0.0451. The first kappa shape index (κ1) is 16.8. The number of hydrogen-bond donors (Lipinski definition) is 1. The van der Waals surface area contributed by atoms with Crippen LogP contribution >= 0.6 is 0 Å². The number of carbonyl (C=O) groups excluding carboxylic acids is 1. The highest BCUT2D eigenvalue weighted by atomic mass is 16.2. The third kappa shape index (κ3) is 3.90. The number of benzene rings is 1. The molecule has 128 valence electrons. The molecule has 1 unspecified atom stereocenters. The molecular weight excluding hydrogens is 300 g/mol. The molecule has 1 aromatic rings. The monoisotopic (exact) mass is 326 g/mol. The average molecular weight is 326 g/mol. The van der Waals surface area contributed by atoms with Gasteiger partial charge in [0.2, 0.25) is 5.84 Å². The summed E-state index contributed by atoms with van der Waals surface area (Å²) in [4.78, 5) is 23.5. The molecule has 24 heavy (non-hydrogen) atoms. The van der Waals surface area contributed by atoms with Crippen molar-refractivity contribution >= 4 is 18.0 Å². The van der Waals surface area contributed by atoms with Crippen LogP contribution in [-0.4, -0.2) is 54.6 Å². The molecule has 1 aromatic carbocycles. The largest absolute Gasteiger partial charge is 0.333 e. The second-order valence-electron chi connectivity index (χ2n) is 6.97. The van der Waals surface area contributed by atoms with Crippen molar-refractivity contribution in [3.63, 3.8) is 0 Å². The molecule has 0 spiro atoms. The van der Waals surface area contributed by atoms with E-state index in [4.69, 9.17) is 0 Å². The van der Waals surface area contributed by atoms with Crippen LogP contribution in [0.2, 0.25) is 0 Å². The lowest BCUT2D eigenvalue weighted by Gasteiger charge is -2.35. The molecule has 0 radical (unpaired) electrons. The fourth-order valence-corrected chi connectivity index (χ4v) is 3.50. The summed E-state index contributed by atoms with van der Waals surface area (Å²) in [6, 6.07) is 9.07. The first-order valence-corrected chi connectivity index (χ1v) is 8.73. The Morgan fingerprint density at radius 1 is 1.25 bits per heavy atom. The molecule has 5 nitrogen and oxygen atoms in total. The Hall–Kier alpha value is -2.01. The van der Waals surface area contributed by atoms with Gasteiger partial charge >= 0.3 is 0 Å². The first-order chi connectivity index (χ1) is 11.5. The summed E-state index contributed by atoms with van der Waals surface area (Å²) in [6.45, 7) is 8.34. The van der Waals surface area contributed by atoms with Gasteiger partial charge in [0.25, 0.3) is 5.91 Å². The lowest BCUT2D eigenvalue weighted by molar-refractivity contribution is -0.125. The molecular formula is C19H26N4O. The lowest BCUT2D eigenvalue weighted by Crippen LogP contribution is -2.57. The summed E-state index contributed by atoms with van der Waals surface area (Å²) in [5, 5.41) is 3.44. The molecule has 1 fully saturated rings. The first-order valence-electron chi connectivity index (χ1n) is 8.73. The zero-order chi connectivity index (χ0) is 17.1. The Balaban J connectivity index is 1.72. The summed E-state index contributed by atoms with van der Waals surface area (Å²) >= 11 is 0. The van der Waals surface area contributed by atoms with E-state index < -0.39 is 0 Å². The van der Waals surface area contributed by atoms with E-state index in [2.05, 4.69) is 60.3 Å². The van der Waals surface area contributed by atoms with Crippen molar-refractivity contribution in [2.75, 3.05) is 19.6 Å². The van der Waals surface area contributed by atoms with Crippen LogP contribution in [0.3, 0.4) is 0 Å². The second-order valence-corrected chi connectivity index (χ2v) is 6.97. The van der Waals surface area contributed by atoms with Gasteiger partial charge in [-0.25, -0.2) is 4.99 Å². The lowest BCUT2D eigenvalue weighted by atomic mass is 9.96. The van der Waals surface area contributed by atoms with Crippen molar-refractivity contribution in [3.8, 4) is 0 Å². The standard InChI is InChI=1S/C19H26N4O/c1-13-5-4-6-16(9-13)17-7-8-20-18(21-10-17)19(24)23-11-14(2)22-15(3)12-23/h4-6,9-10,14-15,17,22H,7-8,11-12H2,1-3H3/t14-,15+,17?. The SMILES string of the molecule is Cc1cccc(C2C=NC(C(=O)N3C[C@@H](C)N[C@@H](C)C3)=NCC2)c1. The number of aliphatic imine (C=N–C) groups is 2. The van der Waals surface area contributed by atoms with Crippen molar-refractivity contribution in [3.05, 3.63) is 35.4 Å². The third-order valence-corrected chi connectivity index (χ3v) is 4.58. The van der Waals surface area contributed by atoms with E-state index in [1.54, 1.807) is 0 Å². The third-order valence-electron chi connectivity index (χ3n) is 4.58. The average Bonchev–Trinajstić information content (AvgIpc) is 2.79. The molecule has 0 aliphatic carbocycles. The Labute approximate surface area is 143 Å². The molecule has 1 N–H and O–H groups in total. The summed E-state index contributed by atoms with van der Waals surface area (Å²) in [6.07, 6.45) is 2.78. The van der Waals surface area contributed by atoms with Crippen LogP contribution in [-0.2, 0) is 4.79 Å². The Kier molecular flexibility index (Phi) is 5.09. The van der Waals surface area contributed by atoms with Gasteiger partial charge in [-0.15, -0.1) is 0 Å². The van der Waals surface area contributed by atoms with Crippen molar-refractivity contribution in [2.45, 2.75) is 45.2 Å². The van der Waals surface area contributed by atoms with Crippen molar-refractivity contribution in [1.82, 2.24) is 10.2 Å². The maximum Gasteiger partial charge on any atom is 0.291 e. The highest BCUT2D eigenvalue weighted by Crippen LogP contribution is 2.21. The molecule has 1 saturated heterocycles. The summed E-state index contributed by atoms with van der Waals surface area (Å²) in [5.74, 6) is 0.530. The maximum atomic E-state index is 12.7. The number of rotatable bonds is 2. The van der Waals surface area contributed by atoms with Gasteiger partial charge in [0.05, 0.1) is 0 Å². The molecule has 2 aliphatic rings. The molecule has 0 bridgehead atoms. The van der Waals surface area contributed by atoms with Crippen LogP contribution in [0.5, 0.6) is 0 Å². The number of aryl methyl sites for hydroxylation is 1. The quantitative estimate of drug-likeness (QED) is 0.905. The molecule has 0 saturated carbocycles. The number of piperazine rings is 1. The van der Waals surface area contributed by atoms with E-state index in [0.29, 0.717) is 37.6 Å². The van der Waals surface area contributed by atoms with Crippen molar-refractivity contribution in [1.29, 1.82) is 0 Å². The number of carbonyl (C=O) groups is 1. The van der Waals surface area contributed by atoms with Crippen LogP contribution in [0.25, 0.3) is 0 Å². The second kappa shape index (κ2) is 7.26. The fourth-order valence-electron chi connectivity index (χ4n) is 3.50. The molecule has 3 atom stereocenters. The van der Waals surface area contributed by atoms with E-state index in [-0.39, 0.29) is 11.8 Å². The van der Waals surface area contributed by atoms with Crippen LogP contribution in [0.15, 0.2) is 34.3 Å². The van der Waals surface area contributed by atoms with E-state index in [1.165, 1.54) is 11.1 Å². The van der Waals surface area contributed by atoms with Gasteiger partial charge < -0.3 is 10.2 Å².